The molecule has 2 atom stereocenters. The van der Waals surface area contributed by atoms with Crippen LogP contribution in [0, 0.1) is 12.8 Å². The van der Waals surface area contributed by atoms with Crippen molar-refractivity contribution in [2.24, 2.45) is 5.92 Å². The lowest BCUT2D eigenvalue weighted by molar-refractivity contribution is -0.129. The van der Waals surface area contributed by atoms with Crippen LogP contribution in [0.5, 0.6) is 0 Å². The van der Waals surface area contributed by atoms with Crippen molar-refractivity contribution in [1.82, 2.24) is 25.7 Å². The predicted octanol–water partition coefficient (Wildman–Crippen LogP) is 0.418. The number of aryl methyl sites for hydroxylation is 1. The average molecular weight is 351 g/mol. The van der Waals surface area contributed by atoms with E-state index in [0.717, 1.165) is 12.8 Å². The lowest BCUT2D eigenvalue weighted by Crippen LogP contribution is -2.55. The fraction of sp³-hybridized carbons (Fsp3) is 0.750. The molecule has 0 spiro atoms. The predicted molar refractivity (Wildman–Crippen MR) is 87.9 cm³/mol. The zero-order chi connectivity index (χ0) is 17.8. The molecule has 2 aliphatic rings. The first-order valence-corrected chi connectivity index (χ1v) is 8.73. The molecule has 0 radical (unpaired) electrons. The third kappa shape index (κ3) is 4.09. The summed E-state index contributed by atoms with van der Waals surface area (Å²) in [5, 5.41) is 9.61. The van der Waals surface area contributed by atoms with E-state index in [1.807, 2.05) is 0 Å². The smallest absolute Gasteiger partial charge is 0.317 e. The van der Waals surface area contributed by atoms with E-state index in [1.165, 1.54) is 0 Å². The summed E-state index contributed by atoms with van der Waals surface area (Å²) < 4.78 is 10.7. The Morgan fingerprint density at radius 1 is 1.24 bits per heavy atom. The number of urea groups is 1. The quantitative estimate of drug-likeness (QED) is 0.817. The number of carbonyl (C=O) groups excluding carboxylic acids is 2. The third-order valence-electron chi connectivity index (χ3n) is 4.89. The second-order valence-corrected chi connectivity index (χ2v) is 6.58. The highest BCUT2D eigenvalue weighted by molar-refractivity contribution is 5.79. The summed E-state index contributed by atoms with van der Waals surface area (Å²) in [7, 11) is 1.60. The first-order valence-electron chi connectivity index (χ1n) is 8.73. The molecule has 25 heavy (non-hydrogen) atoms. The van der Waals surface area contributed by atoms with Crippen LogP contribution in [0.4, 0.5) is 4.79 Å². The van der Waals surface area contributed by atoms with E-state index in [4.69, 9.17) is 9.26 Å². The van der Waals surface area contributed by atoms with Crippen molar-refractivity contribution < 1.29 is 18.8 Å². The maximum atomic E-state index is 12.6. The van der Waals surface area contributed by atoms with Gasteiger partial charge in [0.25, 0.3) is 0 Å². The highest BCUT2D eigenvalue weighted by Crippen LogP contribution is 2.28. The molecule has 0 unspecified atom stereocenters. The van der Waals surface area contributed by atoms with Crippen LogP contribution in [-0.4, -0.2) is 66.4 Å². The van der Waals surface area contributed by atoms with Crippen LogP contribution >= 0.6 is 0 Å². The Morgan fingerprint density at radius 3 is 2.64 bits per heavy atom. The van der Waals surface area contributed by atoms with Gasteiger partial charge in [0.2, 0.25) is 11.8 Å². The van der Waals surface area contributed by atoms with Crippen LogP contribution in [0.2, 0.25) is 0 Å². The maximum absolute atomic E-state index is 12.6. The number of nitrogens with zero attached hydrogens (tertiary/aromatic N) is 3. The molecular weight excluding hydrogens is 326 g/mol. The first-order chi connectivity index (χ1) is 12.1. The lowest BCUT2D eigenvalue weighted by Gasteiger charge is -2.37. The van der Waals surface area contributed by atoms with E-state index in [-0.39, 0.29) is 29.8 Å². The van der Waals surface area contributed by atoms with Gasteiger partial charge in [-0.1, -0.05) is 5.16 Å². The van der Waals surface area contributed by atoms with Crippen molar-refractivity contribution in [3.05, 3.63) is 11.7 Å². The topological polar surface area (TPSA) is 110 Å². The van der Waals surface area contributed by atoms with Gasteiger partial charge in [0.15, 0.2) is 5.82 Å². The molecule has 0 aromatic carbocycles. The molecule has 138 valence electrons. The second kappa shape index (κ2) is 7.81. The monoisotopic (exact) mass is 351 g/mol. The van der Waals surface area contributed by atoms with Gasteiger partial charge in [-0.25, -0.2) is 4.79 Å². The molecule has 3 heterocycles. The summed E-state index contributed by atoms with van der Waals surface area (Å²) in [5.41, 5.74) is 0. The molecule has 3 amide bonds. The molecule has 1 aromatic rings. The van der Waals surface area contributed by atoms with Gasteiger partial charge in [-0.15, -0.1) is 0 Å². The molecule has 2 fully saturated rings. The van der Waals surface area contributed by atoms with Gasteiger partial charge in [-0.2, -0.15) is 4.98 Å². The fourth-order valence-electron chi connectivity index (χ4n) is 3.46. The summed E-state index contributed by atoms with van der Waals surface area (Å²) in [5.74, 6) is 0.956. The molecule has 0 aliphatic carbocycles. The van der Waals surface area contributed by atoms with Crippen molar-refractivity contribution in [2.75, 3.05) is 33.4 Å². The van der Waals surface area contributed by atoms with Crippen LogP contribution in [-0.2, 0) is 9.53 Å². The largest absolute Gasteiger partial charge is 0.381 e. The second-order valence-electron chi connectivity index (χ2n) is 6.58. The Labute approximate surface area is 146 Å². The number of hydrogen-bond donors (Lipinski definition) is 2. The van der Waals surface area contributed by atoms with Gasteiger partial charge in [0.05, 0.1) is 12.0 Å². The zero-order valence-electron chi connectivity index (χ0n) is 14.7. The molecule has 2 aliphatic heterocycles. The number of piperidine rings is 1. The number of carbonyl (C=O) groups is 2. The van der Waals surface area contributed by atoms with Crippen molar-refractivity contribution in [2.45, 2.75) is 38.1 Å². The van der Waals surface area contributed by atoms with Crippen molar-refractivity contribution in [3.8, 4) is 0 Å². The van der Waals surface area contributed by atoms with Crippen LogP contribution in [0.1, 0.15) is 36.9 Å². The molecular formula is C16H25N5O4. The fourth-order valence-corrected chi connectivity index (χ4v) is 3.46. The summed E-state index contributed by atoms with van der Waals surface area (Å²) in [6, 6.07) is -0.397. The number of likely N-dealkylation sites (tertiary alicyclic amines) is 1. The molecule has 3 rings (SSSR count). The van der Waals surface area contributed by atoms with Gasteiger partial charge in [0.1, 0.15) is 0 Å². The summed E-state index contributed by atoms with van der Waals surface area (Å²) >= 11 is 0. The van der Waals surface area contributed by atoms with Gasteiger partial charge in [0, 0.05) is 39.3 Å². The minimum atomic E-state index is -0.249. The van der Waals surface area contributed by atoms with E-state index in [1.54, 1.807) is 18.9 Å². The van der Waals surface area contributed by atoms with Crippen LogP contribution < -0.4 is 10.6 Å². The van der Waals surface area contributed by atoms with Gasteiger partial charge < -0.3 is 24.8 Å². The molecule has 9 nitrogen and oxygen atoms in total. The average Bonchev–Trinajstić information content (AvgIpc) is 3.07. The van der Waals surface area contributed by atoms with E-state index < -0.39 is 0 Å². The standard InChI is InChI=1S/C16H25N5O4/c1-10-18-15(25-20-10)12-3-6-21(16(23)17-2)9-13(12)19-14(22)11-4-7-24-8-5-11/h11-13H,3-9H2,1-2H3,(H,17,23)(H,19,22)/t12-,13+/m0/s1. The van der Waals surface area contributed by atoms with Gasteiger partial charge >= 0.3 is 6.03 Å². The third-order valence-corrected chi connectivity index (χ3v) is 4.89. The maximum Gasteiger partial charge on any atom is 0.317 e. The Hall–Kier alpha value is -2.16. The van der Waals surface area contributed by atoms with Gasteiger partial charge in [-0.05, 0) is 26.2 Å². The molecule has 2 saturated heterocycles. The minimum Gasteiger partial charge on any atom is -0.381 e. The van der Waals surface area contributed by atoms with Crippen LogP contribution in [0.25, 0.3) is 0 Å². The summed E-state index contributed by atoms with van der Waals surface area (Å²) in [6.45, 7) is 3.98. The SMILES string of the molecule is CNC(=O)N1CC[C@H](c2nc(C)no2)[C@H](NC(=O)C2CCOCC2)C1. The number of hydrogen-bond acceptors (Lipinski definition) is 6. The summed E-state index contributed by atoms with van der Waals surface area (Å²) in [6.07, 6.45) is 2.11. The van der Waals surface area contributed by atoms with Crippen LogP contribution in [0.3, 0.4) is 0 Å². The molecule has 0 saturated carbocycles. The van der Waals surface area contributed by atoms with E-state index >= 15 is 0 Å². The highest BCUT2D eigenvalue weighted by Gasteiger charge is 2.37. The number of nitrogens with one attached hydrogen (secondary N) is 2. The Morgan fingerprint density at radius 2 is 2.00 bits per heavy atom. The molecule has 0 bridgehead atoms. The number of aromatic nitrogens is 2. The normalized spacial score (nSPS) is 24.8. The first kappa shape index (κ1) is 17.7. The number of ether oxygens (including phenoxy) is 1. The zero-order valence-corrected chi connectivity index (χ0v) is 14.7. The van der Waals surface area contributed by atoms with Crippen molar-refractivity contribution in [3.63, 3.8) is 0 Å². The van der Waals surface area contributed by atoms with Crippen LogP contribution in [0.15, 0.2) is 4.52 Å². The Kier molecular flexibility index (Phi) is 5.52. The highest BCUT2D eigenvalue weighted by atomic mass is 16.5. The van der Waals surface area contributed by atoms with Crippen molar-refractivity contribution in [1.29, 1.82) is 0 Å². The number of amides is 3. The van der Waals surface area contributed by atoms with Crippen molar-refractivity contribution >= 4 is 11.9 Å². The van der Waals surface area contributed by atoms with E-state index in [0.29, 0.717) is 44.4 Å². The van der Waals surface area contributed by atoms with E-state index in [9.17, 15) is 9.59 Å². The summed E-state index contributed by atoms with van der Waals surface area (Å²) in [4.78, 5) is 30.7. The minimum absolute atomic E-state index is 0.00768. The van der Waals surface area contributed by atoms with Gasteiger partial charge in [-0.3, -0.25) is 4.79 Å². The molecule has 2 N–H and O–H groups in total. The molecule has 9 heteroatoms. The Balaban J connectivity index is 1.72. The molecule has 1 aromatic heterocycles. The number of rotatable bonds is 3. The van der Waals surface area contributed by atoms with E-state index in [2.05, 4.69) is 20.8 Å². The Bertz CT molecular complexity index is 613. The lowest BCUT2D eigenvalue weighted by atomic mass is 9.90.